The Balaban J connectivity index is 2.34. The van der Waals surface area contributed by atoms with Gasteiger partial charge in [0.2, 0.25) is 0 Å². The number of nitrogens with zero attached hydrogens (tertiary/aromatic N) is 2. The van der Waals surface area contributed by atoms with E-state index in [1.807, 2.05) is 0 Å². The fourth-order valence-corrected chi connectivity index (χ4v) is 2.11. The third-order valence-electron chi connectivity index (χ3n) is 2.99. The van der Waals surface area contributed by atoms with Crippen LogP contribution in [0.3, 0.4) is 0 Å². The van der Waals surface area contributed by atoms with Crippen LogP contribution < -0.4 is 16.0 Å². The number of hydrogen-bond acceptors (Lipinski definition) is 4. The summed E-state index contributed by atoms with van der Waals surface area (Å²) in [6, 6.07) is 0.714. The molecule has 2 heterocycles. The second-order valence-corrected chi connectivity index (χ2v) is 4.16. The van der Waals surface area contributed by atoms with E-state index in [4.69, 9.17) is 5.73 Å². The lowest BCUT2D eigenvalue weighted by atomic mass is 10.0. The SMILES string of the molecule is Nc1cnccc1N(C(=O)O)[C@@H]1CNCC[C@H]1F. The highest BCUT2D eigenvalue weighted by Crippen LogP contribution is 2.27. The quantitative estimate of drug-likeness (QED) is 0.727. The van der Waals surface area contributed by atoms with Gasteiger partial charge in [0.25, 0.3) is 0 Å². The highest BCUT2D eigenvalue weighted by Gasteiger charge is 2.34. The normalized spacial score (nSPS) is 23.6. The van der Waals surface area contributed by atoms with Crippen LogP contribution in [0.2, 0.25) is 0 Å². The molecule has 6 nitrogen and oxygen atoms in total. The monoisotopic (exact) mass is 254 g/mol. The van der Waals surface area contributed by atoms with Crippen molar-refractivity contribution >= 4 is 17.5 Å². The highest BCUT2D eigenvalue weighted by molar-refractivity contribution is 5.90. The molecule has 2 rings (SSSR count). The highest BCUT2D eigenvalue weighted by atomic mass is 19.1. The van der Waals surface area contributed by atoms with Crippen LogP contribution in [0.15, 0.2) is 18.5 Å². The molecule has 2 atom stereocenters. The molecular weight excluding hydrogens is 239 g/mol. The third-order valence-corrected chi connectivity index (χ3v) is 2.99. The van der Waals surface area contributed by atoms with Crippen LogP contribution >= 0.6 is 0 Å². The zero-order valence-electron chi connectivity index (χ0n) is 9.71. The lowest BCUT2D eigenvalue weighted by Crippen LogP contribution is -2.54. The standard InChI is InChI=1S/C11H15FN4O2/c12-7-1-3-15-6-10(7)16(11(17)18)9-2-4-14-5-8(9)13/h2,4-5,7,10,15H,1,3,6,13H2,(H,17,18)/t7-,10-/m1/s1. The minimum Gasteiger partial charge on any atom is -0.465 e. The van der Waals surface area contributed by atoms with Crippen molar-refractivity contribution in [3.63, 3.8) is 0 Å². The molecule has 0 unspecified atom stereocenters. The third kappa shape index (κ3) is 2.35. The summed E-state index contributed by atoms with van der Waals surface area (Å²) in [5.41, 5.74) is 6.19. The van der Waals surface area contributed by atoms with Gasteiger partial charge in [-0.2, -0.15) is 0 Å². The minimum atomic E-state index is -1.22. The fourth-order valence-electron chi connectivity index (χ4n) is 2.11. The van der Waals surface area contributed by atoms with E-state index >= 15 is 0 Å². The molecule has 4 N–H and O–H groups in total. The van der Waals surface area contributed by atoms with E-state index in [0.29, 0.717) is 13.0 Å². The first-order chi connectivity index (χ1) is 8.61. The van der Waals surface area contributed by atoms with Gasteiger partial charge in [0.05, 0.1) is 23.6 Å². The second kappa shape index (κ2) is 5.18. The smallest absolute Gasteiger partial charge is 0.412 e. The van der Waals surface area contributed by atoms with E-state index in [-0.39, 0.29) is 17.9 Å². The van der Waals surface area contributed by atoms with Gasteiger partial charge in [-0.3, -0.25) is 9.88 Å². The first kappa shape index (κ1) is 12.6. The largest absolute Gasteiger partial charge is 0.465 e. The maximum absolute atomic E-state index is 13.9. The summed E-state index contributed by atoms with van der Waals surface area (Å²) in [4.78, 5) is 16.1. The Bertz CT molecular complexity index is 443. The van der Waals surface area contributed by atoms with Gasteiger partial charge >= 0.3 is 6.09 Å². The van der Waals surface area contributed by atoms with Crippen molar-refractivity contribution in [3.05, 3.63) is 18.5 Å². The Hall–Kier alpha value is -1.89. The number of nitrogens with two attached hydrogens (primary N) is 1. The first-order valence-electron chi connectivity index (χ1n) is 5.67. The number of nitrogen functional groups attached to an aromatic ring is 1. The summed E-state index contributed by atoms with van der Waals surface area (Å²) >= 11 is 0. The molecule has 0 radical (unpaired) electrons. The van der Waals surface area contributed by atoms with Gasteiger partial charge in [-0.15, -0.1) is 0 Å². The number of rotatable bonds is 2. The lowest BCUT2D eigenvalue weighted by molar-refractivity contribution is 0.179. The van der Waals surface area contributed by atoms with Crippen LogP contribution in [0.4, 0.5) is 20.6 Å². The molecule has 1 aliphatic rings. The molecule has 0 bridgehead atoms. The molecule has 1 fully saturated rings. The van der Waals surface area contributed by atoms with Crippen molar-refractivity contribution in [2.45, 2.75) is 18.6 Å². The Morgan fingerprint density at radius 3 is 3.06 bits per heavy atom. The molecule has 18 heavy (non-hydrogen) atoms. The fraction of sp³-hybridized carbons (Fsp3) is 0.455. The van der Waals surface area contributed by atoms with Crippen LogP contribution in [0, 0.1) is 0 Å². The summed E-state index contributed by atoms with van der Waals surface area (Å²) in [5.74, 6) is 0. The van der Waals surface area contributed by atoms with Crippen LogP contribution in [-0.4, -0.2) is 41.5 Å². The van der Waals surface area contributed by atoms with Gasteiger partial charge in [0.1, 0.15) is 6.17 Å². The molecule has 0 aromatic carbocycles. The molecule has 0 saturated carbocycles. The maximum atomic E-state index is 13.9. The van der Waals surface area contributed by atoms with Gasteiger partial charge in [0.15, 0.2) is 0 Å². The predicted octanol–water partition coefficient (Wildman–Crippen LogP) is 0.848. The molecule has 0 spiro atoms. The number of carbonyl (C=O) groups is 1. The van der Waals surface area contributed by atoms with Gasteiger partial charge in [0, 0.05) is 12.7 Å². The minimum absolute atomic E-state index is 0.220. The average molecular weight is 254 g/mol. The summed E-state index contributed by atoms with van der Waals surface area (Å²) in [5, 5.41) is 12.3. The lowest BCUT2D eigenvalue weighted by Gasteiger charge is -2.35. The van der Waals surface area contributed by atoms with E-state index in [9.17, 15) is 14.3 Å². The van der Waals surface area contributed by atoms with Gasteiger partial charge in [-0.05, 0) is 19.0 Å². The zero-order valence-corrected chi connectivity index (χ0v) is 9.71. The molecule has 1 amide bonds. The summed E-state index contributed by atoms with van der Waals surface area (Å²) < 4.78 is 13.9. The molecule has 1 aromatic rings. The van der Waals surface area contributed by atoms with Gasteiger partial charge in [-0.1, -0.05) is 0 Å². The van der Waals surface area contributed by atoms with E-state index in [1.54, 1.807) is 0 Å². The van der Waals surface area contributed by atoms with Crippen molar-refractivity contribution in [1.29, 1.82) is 0 Å². The number of halogens is 1. The number of amides is 1. The Kier molecular flexibility index (Phi) is 3.61. The first-order valence-corrected chi connectivity index (χ1v) is 5.67. The van der Waals surface area contributed by atoms with Crippen molar-refractivity contribution < 1.29 is 14.3 Å². The van der Waals surface area contributed by atoms with E-state index in [0.717, 1.165) is 4.90 Å². The van der Waals surface area contributed by atoms with Crippen LogP contribution in [0.25, 0.3) is 0 Å². The van der Waals surface area contributed by atoms with E-state index < -0.39 is 18.3 Å². The van der Waals surface area contributed by atoms with Crippen LogP contribution in [0.5, 0.6) is 0 Å². The number of nitrogens with one attached hydrogen (secondary N) is 1. The van der Waals surface area contributed by atoms with Crippen LogP contribution in [-0.2, 0) is 0 Å². The maximum Gasteiger partial charge on any atom is 0.412 e. The number of anilines is 2. The number of piperidine rings is 1. The topological polar surface area (TPSA) is 91.5 Å². The number of carboxylic acid groups (broad SMARTS) is 1. The summed E-state index contributed by atoms with van der Waals surface area (Å²) in [6.45, 7) is 0.826. The second-order valence-electron chi connectivity index (χ2n) is 4.16. The zero-order chi connectivity index (χ0) is 13.1. The molecule has 7 heteroatoms. The molecule has 98 valence electrons. The average Bonchev–Trinajstić information content (AvgIpc) is 2.34. The summed E-state index contributed by atoms with van der Waals surface area (Å²) in [7, 11) is 0. The molecule has 1 aliphatic heterocycles. The van der Waals surface area contributed by atoms with Gasteiger partial charge < -0.3 is 16.2 Å². The summed E-state index contributed by atoms with van der Waals surface area (Å²) in [6.07, 6.45) is 0.665. The number of aromatic nitrogens is 1. The predicted molar refractivity (Wildman–Crippen MR) is 65.3 cm³/mol. The molecule has 1 aromatic heterocycles. The number of hydrogen-bond donors (Lipinski definition) is 3. The van der Waals surface area contributed by atoms with Crippen LogP contribution in [0.1, 0.15) is 6.42 Å². The van der Waals surface area contributed by atoms with E-state index in [2.05, 4.69) is 10.3 Å². The molecule has 0 aliphatic carbocycles. The van der Waals surface area contributed by atoms with Crippen molar-refractivity contribution in [3.8, 4) is 0 Å². The Morgan fingerprint density at radius 2 is 2.44 bits per heavy atom. The number of pyridine rings is 1. The number of alkyl halides is 1. The Labute approximate surface area is 104 Å². The van der Waals surface area contributed by atoms with Crippen molar-refractivity contribution in [2.24, 2.45) is 0 Å². The Morgan fingerprint density at radius 1 is 1.67 bits per heavy atom. The van der Waals surface area contributed by atoms with Crippen molar-refractivity contribution in [2.75, 3.05) is 23.7 Å². The molecular formula is C11H15FN4O2. The van der Waals surface area contributed by atoms with Crippen molar-refractivity contribution in [1.82, 2.24) is 10.3 Å². The molecule has 1 saturated heterocycles. The van der Waals surface area contributed by atoms with E-state index in [1.165, 1.54) is 18.5 Å². The van der Waals surface area contributed by atoms with Gasteiger partial charge in [-0.25, -0.2) is 9.18 Å².